The van der Waals surface area contributed by atoms with Gasteiger partial charge in [-0.3, -0.25) is 9.59 Å². The molecule has 1 aliphatic rings. The Bertz CT molecular complexity index is 734. The number of carbonyl (C=O) groups is 2. The molecule has 2 amide bonds. The second kappa shape index (κ2) is 6.63. The largest absolute Gasteiger partial charge is 0.354 e. The summed E-state index contributed by atoms with van der Waals surface area (Å²) in [5.41, 5.74) is 0.779. The van der Waals surface area contributed by atoms with Gasteiger partial charge in [-0.1, -0.05) is 0 Å². The quantitative estimate of drug-likeness (QED) is 0.802. The van der Waals surface area contributed by atoms with Crippen LogP contribution in [-0.4, -0.2) is 50.9 Å². The van der Waals surface area contributed by atoms with Crippen LogP contribution in [0.15, 0.2) is 18.2 Å². The Kier molecular flexibility index (Phi) is 5.00. The molecule has 0 spiro atoms. The van der Waals surface area contributed by atoms with Crippen molar-refractivity contribution in [1.82, 2.24) is 9.62 Å². The lowest BCUT2D eigenvalue weighted by atomic mass is 9.89. The van der Waals surface area contributed by atoms with Crippen molar-refractivity contribution in [2.24, 2.45) is 0 Å². The Morgan fingerprint density at radius 2 is 2.13 bits per heavy atom. The average Bonchev–Trinajstić information content (AvgIpc) is 2.46. The summed E-state index contributed by atoms with van der Waals surface area (Å²) in [7, 11) is -0.614. The Labute approximate surface area is 133 Å². The van der Waals surface area contributed by atoms with Gasteiger partial charge < -0.3 is 10.6 Å². The molecule has 0 saturated heterocycles. The molecule has 126 valence electrons. The number of rotatable bonds is 5. The highest BCUT2D eigenvalue weighted by molar-refractivity contribution is 7.89. The Hall–Kier alpha value is -2.00. The lowest BCUT2D eigenvalue weighted by Crippen LogP contribution is -2.38. The van der Waals surface area contributed by atoms with Crippen molar-refractivity contribution in [3.05, 3.63) is 29.6 Å². The summed E-state index contributed by atoms with van der Waals surface area (Å²) in [6.07, 6.45) is -0.108. The zero-order valence-corrected chi connectivity index (χ0v) is 13.6. The monoisotopic (exact) mass is 343 g/mol. The van der Waals surface area contributed by atoms with Crippen LogP contribution in [0.1, 0.15) is 17.9 Å². The highest BCUT2D eigenvalue weighted by Crippen LogP contribution is 2.32. The van der Waals surface area contributed by atoms with Crippen molar-refractivity contribution in [2.45, 2.75) is 12.3 Å². The maximum atomic E-state index is 13.4. The van der Waals surface area contributed by atoms with Gasteiger partial charge in [-0.25, -0.2) is 17.1 Å². The Morgan fingerprint density at radius 1 is 1.43 bits per heavy atom. The van der Waals surface area contributed by atoms with Gasteiger partial charge in [0.05, 0.1) is 11.7 Å². The fraction of sp³-hybridized carbons (Fsp3) is 0.429. The third kappa shape index (κ3) is 4.05. The Balaban J connectivity index is 2.09. The smallest absolute Gasteiger partial charge is 0.228 e. The number of anilines is 1. The van der Waals surface area contributed by atoms with Gasteiger partial charge in [-0.05, 0) is 23.8 Å². The molecule has 0 fully saturated rings. The molecule has 1 aromatic rings. The molecule has 1 unspecified atom stereocenters. The minimum Gasteiger partial charge on any atom is -0.354 e. The molecule has 0 aliphatic carbocycles. The molecule has 0 radical (unpaired) electrons. The van der Waals surface area contributed by atoms with Crippen molar-refractivity contribution in [2.75, 3.05) is 31.7 Å². The van der Waals surface area contributed by atoms with E-state index >= 15 is 0 Å². The van der Waals surface area contributed by atoms with E-state index in [0.717, 1.165) is 4.31 Å². The number of nitrogens with one attached hydrogen (secondary N) is 2. The fourth-order valence-corrected chi connectivity index (χ4v) is 3.00. The average molecular weight is 343 g/mol. The molecular formula is C14H18FN3O4S. The predicted octanol–water partition coefficient (Wildman–Crippen LogP) is 0.259. The van der Waals surface area contributed by atoms with Crippen molar-refractivity contribution < 1.29 is 22.4 Å². The van der Waals surface area contributed by atoms with E-state index in [-0.39, 0.29) is 24.6 Å². The summed E-state index contributed by atoms with van der Waals surface area (Å²) in [5, 5.41) is 5.08. The SMILES string of the molecule is CN(C)S(=O)(=O)CCNC(=O)C1CC(=O)Nc2ccc(F)cc21. The molecule has 1 atom stereocenters. The van der Waals surface area contributed by atoms with Crippen LogP contribution in [0.4, 0.5) is 10.1 Å². The normalized spacial score (nSPS) is 17.6. The third-order valence-electron chi connectivity index (χ3n) is 3.58. The van der Waals surface area contributed by atoms with E-state index in [1.54, 1.807) is 0 Å². The van der Waals surface area contributed by atoms with E-state index in [9.17, 15) is 22.4 Å². The van der Waals surface area contributed by atoms with E-state index in [4.69, 9.17) is 0 Å². The fourth-order valence-electron chi connectivity index (χ4n) is 2.28. The van der Waals surface area contributed by atoms with Crippen LogP contribution in [0.25, 0.3) is 0 Å². The van der Waals surface area contributed by atoms with Crippen LogP contribution in [-0.2, 0) is 19.6 Å². The molecule has 0 saturated carbocycles. The number of hydrogen-bond acceptors (Lipinski definition) is 4. The van der Waals surface area contributed by atoms with Crippen molar-refractivity contribution >= 4 is 27.5 Å². The summed E-state index contributed by atoms with van der Waals surface area (Å²) < 4.78 is 37.8. The van der Waals surface area contributed by atoms with Gasteiger partial charge in [-0.2, -0.15) is 0 Å². The minimum atomic E-state index is -3.42. The van der Waals surface area contributed by atoms with Gasteiger partial charge in [0.25, 0.3) is 0 Å². The third-order valence-corrected chi connectivity index (χ3v) is 5.42. The number of sulfonamides is 1. The highest BCUT2D eigenvalue weighted by atomic mass is 32.2. The summed E-state index contributed by atoms with van der Waals surface area (Å²) in [6, 6.07) is 3.80. The molecule has 2 N–H and O–H groups in total. The van der Waals surface area contributed by atoms with Gasteiger partial charge in [0.1, 0.15) is 5.82 Å². The maximum Gasteiger partial charge on any atom is 0.228 e. The van der Waals surface area contributed by atoms with Crippen molar-refractivity contribution in [3.63, 3.8) is 0 Å². The van der Waals surface area contributed by atoms with Crippen LogP contribution in [0, 0.1) is 5.82 Å². The van der Waals surface area contributed by atoms with Crippen molar-refractivity contribution in [3.8, 4) is 0 Å². The number of hydrogen-bond donors (Lipinski definition) is 2. The van der Waals surface area contributed by atoms with Crippen molar-refractivity contribution in [1.29, 1.82) is 0 Å². The van der Waals surface area contributed by atoms with Crippen LogP contribution in [0.5, 0.6) is 0 Å². The molecule has 7 nitrogen and oxygen atoms in total. The van der Waals surface area contributed by atoms with E-state index < -0.39 is 27.7 Å². The van der Waals surface area contributed by atoms with Gasteiger partial charge in [0, 0.05) is 32.7 Å². The number of nitrogens with zero attached hydrogens (tertiary/aromatic N) is 1. The second-order valence-corrected chi connectivity index (χ2v) is 7.73. The number of fused-ring (bicyclic) bond motifs is 1. The first-order valence-electron chi connectivity index (χ1n) is 6.98. The summed E-state index contributed by atoms with van der Waals surface area (Å²) in [5.74, 6) is -2.43. The highest BCUT2D eigenvalue weighted by Gasteiger charge is 2.31. The van der Waals surface area contributed by atoms with E-state index in [0.29, 0.717) is 11.3 Å². The van der Waals surface area contributed by atoms with E-state index in [2.05, 4.69) is 10.6 Å². The number of benzene rings is 1. The number of amides is 2. The number of carbonyl (C=O) groups excluding carboxylic acids is 2. The van der Waals surface area contributed by atoms with E-state index in [1.807, 2.05) is 0 Å². The number of halogens is 1. The van der Waals surface area contributed by atoms with Crippen LogP contribution in [0.2, 0.25) is 0 Å². The van der Waals surface area contributed by atoms with Gasteiger partial charge in [0.2, 0.25) is 21.8 Å². The first kappa shape index (κ1) is 17.4. The summed E-state index contributed by atoms with van der Waals surface area (Å²) in [4.78, 5) is 23.9. The molecule has 9 heteroatoms. The van der Waals surface area contributed by atoms with Crippen LogP contribution >= 0.6 is 0 Å². The van der Waals surface area contributed by atoms with E-state index in [1.165, 1.54) is 32.3 Å². The lowest BCUT2D eigenvalue weighted by molar-refractivity contribution is -0.126. The molecule has 0 aromatic heterocycles. The standard InChI is InChI=1S/C14H18FN3O4S/c1-18(2)23(21,22)6-5-16-14(20)11-8-13(19)17-12-4-3-9(15)7-10(11)12/h3-4,7,11H,5-6,8H2,1-2H3,(H,16,20)(H,17,19). The molecule has 1 aliphatic heterocycles. The summed E-state index contributed by atoms with van der Waals surface area (Å²) >= 11 is 0. The van der Waals surface area contributed by atoms with Gasteiger partial charge in [0.15, 0.2) is 0 Å². The molecule has 2 rings (SSSR count). The zero-order chi connectivity index (χ0) is 17.2. The lowest BCUT2D eigenvalue weighted by Gasteiger charge is -2.25. The summed E-state index contributed by atoms with van der Waals surface area (Å²) in [6.45, 7) is -0.0812. The predicted molar refractivity (Wildman–Crippen MR) is 82.9 cm³/mol. The molecule has 1 aromatic carbocycles. The van der Waals surface area contributed by atoms with Gasteiger partial charge in [-0.15, -0.1) is 0 Å². The van der Waals surface area contributed by atoms with Crippen LogP contribution in [0.3, 0.4) is 0 Å². The minimum absolute atomic E-state index is 0.0812. The zero-order valence-electron chi connectivity index (χ0n) is 12.8. The Morgan fingerprint density at radius 3 is 2.78 bits per heavy atom. The molecule has 0 bridgehead atoms. The first-order chi connectivity index (χ1) is 10.7. The second-order valence-electron chi connectivity index (χ2n) is 5.43. The first-order valence-corrected chi connectivity index (χ1v) is 8.59. The van der Waals surface area contributed by atoms with Gasteiger partial charge >= 0.3 is 0 Å². The molecule has 23 heavy (non-hydrogen) atoms. The maximum absolute atomic E-state index is 13.4. The van der Waals surface area contributed by atoms with Crippen LogP contribution < -0.4 is 10.6 Å². The molecular weight excluding hydrogens is 325 g/mol. The molecule has 1 heterocycles. The topological polar surface area (TPSA) is 95.6 Å².